The zero-order valence-electron chi connectivity index (χ0n) is 17.7. The Hall–Kier alpha value is -1.97. The smallest absolute Gasteiger partial charge is 0.341 e. The number of rotatable bonds is 7. The summed E-state index contributed by atoms with van der Waals surface area (Å²) >= 11 is 10.2. The molecule has 0 unspecified atom stereocenters. The van der Waals surface area contributed by atoms with Crippen LogP contribution in [-0.2, 0) is 11.2 Å². The van der Waals surface area contributed by atoms with Gasteiger partial charge in [0.25, 0.3) is 5.91 Å². The maximum Gasteiger partial charge on any atom is 0.341 e. The summed E-state index contributed by atoms with van der Waals surface area (Å²) in [6, 6.07) is 5.90. The molecule has 0 radical (unpaired) electrons. The number of carbonyl (C=O) groups excluding carboxylic acids is 2. The zero-order valence-corrected chi connectivity index (χ0v) is 20.9. The molecule has 0 bridgehead atoms. The highest BCUT2D eigenvalue weighted by Crippen LogP contribution is 2.35. The van der Waals surface area contributed by atoms with Crippen molar-refractivity contribution in [1.29, 1.82) is 0 Å². The first-order valence-corrected chi connectivity index (χ1v) is 11.7. The lowest BCUT2D eigenvalue weighted by atomic mass is 10.1. The fourth-order valence-electron chi connectivity index (χ4n) is 3.04. The number of halogens is 1. The number of benzene rings is 1. The summed E-state index contributed by atoms with van der Waals surface area (Å²) < 4.78 is 5.94. The number of nitrogens with one attached hydrogen (secondary N) is 2. The molecule has 2 aromatic rings. The number of carbonyl (C=O) groups is 2. The second kappa shape index (κ2) is 10.9. The van der Waals surface area contributed by atoms with Crippen molar-refractivity contribution in [1.82, 2.24) is 4.90 Å². The van der Waals surface area contributed by atoms with Gasteiger partial charge in [0, 0.05) is 23.2 Å². The van der Waals surface area contributed by atoms with Crippen molar-refractivity contribution in [3.8, 4) is 0 Å². The highest BCUT2D eigenvalue weighted by Gasteiger charge is 2.27. The number of thiophene rings is 1. The molecule has 1 aromatic heterocycles. The summed E-state index contributed by atoms with van der Waals surface area (Å²) in [6.07, 6.45) is 0.832. The number of methoxy groups -OCH3 is 1. The van der Waals surface area contributed by atoms with Crippen LogP contribution in [-0.4, -0.2) is 42.1 Å². The lowest BCUT2D eigenvalue weighted by molar-refractivity contribution is 0.0601. The molecule has 0 aliphatic carbocycles. The zero-order chi connectivity index (χ0) is 22.4. The average Bonchev–Trinajstić information content (AvgIpc) is 3.05. The summed E-state index contributed by atoms with van der Waals surface area (Å²) in [5.74, 6) is -0.619. The van der Waals surface area contributed by atoms with Crippen LogP contribution in [0.25, 0.3) is 0 Å². The van der Waals surface area contributed by atoms with E-state index in [1.165, 1.54) is 18.4 Å². The van der Waals surface area contributed by atoms with Gasteiger partial charge in [-0.2, -0.15) is 0 Å². The summed E-state index contributed by atoms with van der Waals surface area (Å²) in [5.41, 5.74) is 2.90. The number of amides is 1. The van der Waals surface area contributed by atoms with Gasteiger partial charge >= 0.3 is 5.97 Å². The van der Waals surface area contributed by atoms with Crippen LogP contribution < -0.4 is 10.6 Å². The van der Waals surface area contributed by atoms with Crippen molar-refractivity contribution in [2.45, 2.75) is 34.1 Å². The first-order chi connectivity index (χ1) is 14.3. The van der Waals surface area contributed by atoms with E-state index < -0.39 is 5.97 Å². The van der Waals surface area contributed by atoms with Crippen molar-refractivity contribution in [3.63, 3.8) is 0 Å². The van der Waals surface area contributed by atoms with Crippen LogP contribution in [0, 0.1) is 6.92 Å². The van der Waals surface area contributed by atoms with E-state index in [9.17, 15) is 9.59 Å². The molecule has 0 spiro atoms. The molecule has 0 saturated carbocycles. The first kappa shape index (κ1) is 24.3. The molecule has 0 aliphatic rings. The van der Waals surface area contributed by atoms with Crippen molar-refractivity contribution in [2.75, 3.05) is 30.8 Å². The molecule has 0 aliphatic heterocycles. The second-order valence-electron chi connectivity index (χ2n) is 6.46. The minimum absolute atomic E-state index is 0.110. The Kier molecular flexibility index (Phi) is 8.81. The van der Waals surface area contributed by atoms with Crippen LogP contribution in [0.2, 0.25) is 0 Å². The highest BCUT2D eigenvalue weighted by atomic mass is 79.9. The van der Waals surface area contributed by atoms with Gasteiger partial charge in [0.1, 0.15) is 5.00 Å². The van der Waals surface area contributed by atoms with Crippen molar-refractivity contribution in [2.24, 2.45) is 0 Å². The predicted molar refractivity (Wildman–Crippen MR) is 131 cm³/mol. The molecule has 1 aromatic carbocycles. The topological polar surface area (TPSA) is 70.7 Å². The lowest BCUT2D eigenvalue weighted by Crippen LogP contribution is -2.30. The van der Waals surface area contributed by atoms with E-state index >= 15 is 0 Å². The number of ether oxygens (including phenoxy) is 1. The van der Waals surface area contributed by atoms with Gasteiger partial charge in [0.05, 0.1) is 17.6 Å². The Balaban J connectivity index is 2.36. The molecule has 2 N–H and O–H groups in total. The average molecular weight is 512 g/mol. The Morgan fingerprint density at radius 3 is 2.43 bits per heavy atom. The maximum atomic E-state index is 12.9. The van der Waals surface area contributed by atoms with Gasteiger partial charge in [-0.3, -0.25) is 4.79 Å². The summed E-state index contributed by atoms with van der Waals surface area (Å²) in [6.45, 7) is 8.84. The minimum Gasteiger partial charge on any atom is -0.465 e. The fraction of sp³-hybridized carbons (Fsp3) is 0.381. The lowest BCUT2D eigenvalue weighted by Gasteiger charge is -2.18. The summed E-state index contributed by atoms with van der Waals surface area (Å²) in [4.78, 5) is 27.5. The SMILES string of the molecule is CCc1cc(Br)ccc1NC(=S)Nc1sc(C(=O)N(CC)CC)c(C)c1C(=O)OC. The minimum atomic E-state index is -0.509. The number of aryl methyl sites for hydroxylation is 1. The normalized spacial score (nSPS) is 10.5. The van der Waals surface area contributed by atoms with E-state index in [4.69, 9.17) is 17.0 Å². The fourth-order valence-corrected chi connectivity index (χ4v) is 4.89. The number of nitrogens with zero attached hydrogens (tertiary/aromatic N) is 1. The number of anilines is 2. The van der Waals surface area contributed by atoms with Gasteiger partial charge in [-0.15, -0.1) is 11.3 Å². The van der Waals surface area contributed by atoms with Crippen LogP contribution in [0.1, 0.15) is 51.9 Å². The Bertz CT molecular complexity index is 955. The highest BCUT2D eigenvalue weighted by molar-refractivity contribution is 9.10. The molecular formula is C21H26BrN3O3S2. The van der Waals surface area contributed by atoms with Gasteiger partial charge in [0.2, 0.25) is 0 Å². The molecule has 9 heteroatoms. The molecule has 30 heavy (non-hydrogen) atoms. The van der Waals surface area contributed by atoms with Gasteiger partial charge in [-0.25, -0.2) is 4.79 Å². The third kappa shape index (κ3) is 5.39. The number of hydrogen-bond donors (Lipinski definition) is 2. The third-order valence-corrected chi connectivity index (χ3v) is 6.60. The van der Waals surface area contributed by atoms with E-state index in [0.29, 0.717) is 39.2 Å². The van der Waals surface area contributed by atoms with Crippen LogP contribution in [0.5, 0.6) is 0 Å². The van der Waals surface area contributed by atoms with E-state index in [1.807, 2.05) is 32.0 Å². The largest absolute Gasteiger partial charge is 0.465 e. The standard InChI is InChI=1S/C21H26BrN3O3S2/c1-6-13-11-14(22)9-10-15(13)23-21(29)24-18-16(20(27)28-5)12(4)17(30-18)19(26)25(7-2)8-3/h9-11H,6-8H2,1-5H3,(H2,23,24,29). The number of esters is 1. The molecule has 1 amide bonds. The Labute approximate surface area is 195 Å². The molecular weight excluding hydrogens is 486 g/mol. The molecule has 2 rings (SSSR count). The number of thiocarbonyl (C=S) groups is 1. The number of hydrogen-bond acceptors (Lipinski definition) is 5. The Morgan fingerprint density at radius 1 is 1.20 bits per heavy atom. The van der Waals surface area contributed by atoms with E-state index in [1.54, 1.807) is 11.8 Å². The summed E-state index contributed by atoms with van der Waals surface area (Å²) in [5, 5.41) is 7.09. The first-order valence-electron chi connectivity index (χ1n) is 9.64. The molecule has 162 valence electrons. The Morgan fingerprint density at radius 2 is 1.87 bits per heavy atom. The van der Waals surface area contributed by atoms with Crippen LogP contribution in [0.3, 0.4) is 0 Å². The van der Waals surface area contributed by atoms with E-state index in [-0.39, 0.29) is 5.91 Å². The molecule has 1 heterocycles. The molecule has 0 fully saturated rings. The maximum absolute atomic E-state index is 12.9. The van der Waals surface area contributed by atoms with Crippen molar-refractivity contribution < 1.29 is 14.3 Å². The van der Waals surface area contributed by atoms with Gasteiger partial charge in [0.15, 0.2) is 5.11 Å². The molecule has 0 saturated heterocycles. The third-order valence-electron chi connectivity index (χ3n) is 4.70. The van der Waals surface area contributed by atoms with E-state index in [0.717, 1.165) is 22.1 Å². The monoisotopic (exact) mass is 511 g/mol. The molecule has 6 nitrogen and oxygen atoms in total. The van der Waals surface area contributed by atoms with Crippen LogP contribution in [0.15, 0.2) is 22.7 Å². The van der Waals surface area contributed by atoms with Gasteiger partial charge < -0.3 is 20.3 Å². The van der Waals surface area contributed by atoms with E-state index in [2.05, 4.69) is 33.5 Å². The predicted octanol–water partition coefficient (Wildman–Crippen LogP) is 5.46. The van der Waals surface area contributed by atoms with Gasteiger partial charge in [-0.1, -0.05) is 22.9 Å². The van der Waals surface area contributed by atoms with Crippen LogP contribution in [0.4, 0.5) is 10.7 Å². The van der Waals surface area contributed by atoms with Gasteiger partial charge in [-0.05, 0) is 68.7 Å². The van der Waals surface area contributed by atoms with Crippen molar-refractivity contribution >= 4 is 67.2 Å². The summed E-state index contributed by atoms with van der Waals surface area (Å²) in [7, 11) is 1.32. The molecule has 0 atom stereocenters. The van der Waals surface area contributed by atoms with Crippen LogP contribution >= 0.6 is 39.5 Å². The quantitative estimate of drug-likeness (QED) is 0.379. The second-order valence-corrected chi connectivity index (χ2v) is 8.81. The van der Waals surface area contributed by atoms with Crippen molar-refractivity contribution in [3.05, 3.63) is 44.2 Å².